The Hall–Kier alpha value is -0.160. The Morgan fingerprint density at radius 3 is 2.54 bits per heavy atom. The molecule has 0 amide bonds. The van der Waals surface area contributed by atoms with E-state index < -0.39 is 5.79 Å². The lowest BCUT2D eigenvalue weighted by Gasteiger charge is -2.22. The first-order valence-electron chi connectivity index (χ1n) is 4.65. The molecular weight excluding hydrogens is 172 g/mol. The van der Waals surface area contributed by atoms with Crippen LogP contribution in [0.2, 0.25) is 0 Å². The highest BCUT2D eigenvalue weighted by molar-refractivity contribution is 4.90. The maximum atomic E-state index is 8.99. The van der Waals surface area contributed by atoms with Gasteiger partial charge in [0.1, 0.15) is 6.10 Å². The monoisotopic (exact) mass is 188 g/mol. The van der Waals surface area contributed by atoms with Crippen LogP contribution in [0.3, 0.4) is 0 Å². The molecule has 2 aliphatic rings. The quantitative estimate of drug-likeness (QED) is 0.650. The largest absolute Gasteiger partial charge is 0.394 e. The molecule has 0 bridgehead atoms. The average molecular weight is 188 g/mol. The van der Waals surface area contributed by atoms with E-state index in [0.29, 0.717) is 0 Å². The molecule has 1 unspecified atom stereocenters. The van der Waals surface area contributed by atoms with Gasteiger partial charge in [0.05, 0.1) is 12.7 Å². The highest BCUT2D eigenvalue weighted by atomic mass is 16.8. The summed E-state index contributed by atoms with van der Waals surface area (Å²) in [5.74, 6) is -0.360. The van der Waals surface area contributed by atoms with Crippen molar-refractivity contribution in [3.63, 3.8) is 0 Å². The summed E-state index contributed by atoms with van der Waals surface area (Å²) in [6, 6.07) is 0. The molecule has 0 aromatic carbocycles. The number of rotatable bonds is 1. The van der Waals surface area contributed by atoms with Gasteiger partial charge in [0.15, 0.2) is 12.1 Å². The van der Waals surface area contributed by atoms with Gasteiger partial charge in [-0.05, 0) is 13.8 Å². The lowest BCUT2D eigenvalue weighted by Crippen LogP contribution is -2.30. The molecule has 0 aromatic heterocycles. The molecule has 76 valence electrons. The predicted molar refractivity (Wildman–Crippen MR) is 44.9 cm³/mol. The van der Waals surface area contributed by atoms with Crippen molar-refractivity contribution >= 4 is 0 Å². The number of fused-ring (bicyclic) bond motifs is 1. The van der Waals surface area contributed by atoms with Gasteiger partial charge in [-0.3, -0.25) is 0 Å². The summed E-state index contributed by atoms with van der Waals surface area (Å²) in [7, 11) is 0. The zero-order valence-electron chi connectivity index (χ0n) is 8.19. The van der Waals surface area contributed by atoms with Gasteiger partial charge >= 0.3 is 0 Å². The van der Waals surface area contributed by atoms with Crippen LogP contribution in [-0.4, -0.2) is 36.0 Å². The molecular formula is C9H16O4. The molecule has 0 aliphatic carbocycles. The number of hydrogen-bond donors (Lipinski definition) is 1. The molecule has 0 saturated carbocycles. The van der Waals surface area contributed by atoms with Crippen molar-refractivity contribution in [3.8, 4) is 0 Å². The van der Waals surface area contributed by atoms with Gasteiger partial charge < -0.3 is 19.3 Å². The first-order valence-corrected chi connectivity index (χ1v) is 4.65. The average Bonchev–Trinajstić information content (AvgIpc) is 2.47. The topological polar surface area (TPSA) is 47.9 Å². The summed E-state index contributed by atoms with van der Waals surface area (Å²) in [5, 5.41) is 8.99. The fourth-order valence-corrected chi connectivity index (χ4v) is 1.94. The molecule has 0 radical (unpaired) electrons. The van der Waals surface area contributed by atoms with Crippen LogP contribution in [0.4, 0.5) is 0 Å². The molecule has 4 heteroatoms. The van der Waals surface area contributed by atoms with Gasteiger partial charge in [-0.2, -0.15) is 0 Å². The minimum Gasteiger partial charge on any atom is -0.394 e. The summed E-state index contributed by atoms with van der Waals surface area (Å²) >= 11 is 0. The lowest BCUT2D eigenvalue weighted by atomic mass is 10.0. The van der Waals surface area contributed by atoms with Crippen LogP contribution in [0.5, 0.6) is 0 Å². The van der Waals surface area contributed by atoms with Crippen molar-refractivity contribution in [1.82, 2.24) is 0 Å². The van der Waals surface area contributed by atoms with Crippen LogP contribution in [0.15, 0.2) is 0 Å². The Labute approximate surface area is 77.8 Å². The van der Waals surface area contributed by atoms with E-state index >= 15 is 0 Å². The van der Waals surface area contributed by atoms with Crippen molar-refractivity contribution in [2.24, 2.45) is 5.92 Å². The molecule has 2 saturated heterocycles. The van der Waals surface area contributed by atoms with E-state index in [-0.39, 0.29) is 31.0 Å². The third-order valence-corrected chi connectivity index (χ3v) is 2.68. The Morgan fingerprint density at radius 1 is 1.31 bits per heavy atom. The van der Waals surface area contributed by atoms with E-state index in [9.17, 15) is 0 Å². The van der Waals surface area contributed by atoms with Crippen LogP contribution in [0.25, 0.3) is 0 Å². The second kappa shape index (κ2) is 2.92. The molecule has 0 aromatic rings. The normalized spacial score (nSPS) is 48.0. The standard InChI is InChI=1S/C9H16O4/c1-5-6(4-10)11-8-7(5)12-9(2,3)13-8/h5-8,10H,4H2,1-3H3/t5-,6?,7+,8+/m0/s1. The third-order valence-electron chi connectivity index (χ3n) is 2.68. The first-order chi connectivity index (χ1) is 6.03. The Kier molecular flexibility index (Phi) is 2.11. The maximum absolute atomic E-state index is 8.99. The number of hydrogen-bond acceptors (Lipinski definition) is 4. The van der Waals surface area contributed by atoms with Crippen LogP contribution in [-0.2, 0) is 14.2 Å². The van der Waals surface area contributed by atoms with E-state index in [2.05, 4.69) is 0 Å². The predicted octanol–water partition coefficient (Wildman–Crippen LogP) is 0.491. The van der Waals surface area contributed by atoms with Crippen molar-refractivity contribution in [2.45, 2.75) is 45.1 Å². The smallest absolute Gasteiger partial charge is 0.187 e. The summed E-state index contributed by atoms with van der Waals surface area (Å²) < 4.78 is 16.7. The SMILES string of the molecule is C[C@H]1C(CO)O[C@@H]2OC(C)(C)O[C@@H]21. The van der Waals surface area contributed by atoms with Crippen molar-refractivity contribution in [3.05, 3.63) is 0 Å². The van der Waals surface area contributed by atoms with Crippen LogP contribution in [0.1, 0.15) is 20.8 Å². The summed E-state index contributed by atoms with van der Waals surface area (Å²) in [4.78, 5) is 0. The van der Waals surface area contributed by atoms with E-state index in [1.807, 2.05) is 20.8 Å². The van der Waals surface area contributed by atoms with Gasteiger partial charge in [0.25, 0.3) is 0 Å². The molecule has 1 N–H and O–H groups in total. The fourth-order valence-electron chi connectivity index (χ4n) is 1.94. The van der Waals surface area contributed by atoms with Crippen LogP contribution in [0, 0.1) is 5.92 Å². The fraction of sp³-hybridized carbons (Fsp3) is 1.00. The lowest BCUT2D eigenvalue weighted by molar-refractivity contribution is -0.212. The Balaban J connectivity index is 2.07. The van der Waals surface area contributed by atoms with Gasteiger partial charge in [-0.25, -0.2) is 0 Å². The molecule has 13 heavy (non-hydrogen) atoms. The molecule has 2 fully saturated rings. The summed E-state index contributed by atoms with van der Waals surface area (Å²) in [6.07, 6.45) is -0.486. The molecule has 4 atom stereocenters. The molecule has 2 rings (SSSR count). The third kappa shape index (κ3) is 1.48. The zero-order valence-corrected chi connectivity index (χ0v) is 8.19. The minimum absolute atomic E-state index is 0.0291. The molecule has 2 heterocycles. The van der Waals surface area contributed by atoms with Gasteiger partial charge in [0.2, 0.25) is 0 Å². The molecule has 0 spiro atoms. The number of aliphatic hydroxyl groups is 1. The van der Waals surface area contributed by atoms with Gasteiger partial charge in [-0.15, -0.1) is 0 Å². The zero-order chi connectivity index (χ0) is 9.64. The summed E-state index contributed by atoms with van der Waals surface area (Å²) in [6.45, 7) is 5.78. The van der Waals surface area contributed by atoms with E-state index in [4.69, 9.17) is 19.3 Å². The summed E-state index contributed by atoms with van der Waals surface area (Å²) in [5.41, 5.74) is 0. The second-order valence-corrected chi connectivity index (χ2v) is 4.18. The molecule has 4 nitrogen and oxygen atoms in total. The van der Waals surface area contributed by atoms with Gasteiger partial charge in [0, 0.05) is 5.92 Å². The van der Waals surface area contributed by atoms with E-state index in [1.165, 1.54) is 0 Å². The highest BCUT2D eigenvalue weighted by Crippen LogP contribution is 2.40. The van der Waals surface area contributed by atoms with Gasteiger partial charge in [-0.1, -0.05) is 6.92 Å². The number of aliphatic hydroxyl groups excluding tert-OH is 1. The maximum Gasteiger partial charge on any atom is 0.187 e. The second-order valence-electron chi connectivity index (χ2n) is 4.18. The van der Waals surface area contributed by atoms with Crippen LogP contribution < -0.4 is 0 Å². The number of ether oxygens (including phenoxy) is 3. The Morgan fingerprint density at radius 2 is 2.00 bits per heavy atom. The van der Waals surface area contributed by atoms with Crippen molar-refractivity contribution in [1.29, 1.82) is 0 Å². The van der Waals surface area contributed by atoms with Crippen molar-refractivity contribution in [2.75, 3.05) is 6.61 Å². The van der Waals surface area contributed by atoms with Crippen molar-refractivity contribution < 1.29 is 19.3 Å². The first kappa shape index (κ1) is 9.40. The Bertz CT molecular complexity index is 204. The molecule has 2 aliphatic heterocycles. The van der Waals surface area contributed by atoms with Crippen LogP contribution >= 0.6 is 0 Å². The minimum atomic E-state index is -0.552. The van der Waals surface area contributed by atoms with E-state index in [1.54, 1.807) is 0 Å². The highest BCUT2D eigenvalue weighted by Gasteiger charge is 2.52. The van der Waals surface area contributed by atoms with E-state index in [0.717, 1.165) is 0 Å².